The molecule has 0 spiro atoms. The molecule has 2 rings (SSSR count). The smallest absolute Gasteiger partial charge is 0.233 e. The SMILES string of the molecule is COCCNc1nnc(SCC(=O)N(C)C2CC2)s1. The van der Waals surface area contributed by atoms with Crippen molar-refractivity contribution in [2.45, 2.75) is 23.2 Å². The van der Waals surface area contributed by atoms with Gasteiger partial charge in [0.1, 0.15) is 0 Å². The number of nitrogens with one attached hydrogen (secondary N) is 1. The minimum Gasteiger partial charge on any atom is -0.383 e. The van der Waals surface area contributed by atoms with Gasteiger partial charge in [0, 0.05) is 26.7 Å². The predicted octanol–water partition coefficient (Wildman–Crippen LogP) is 1.31. The number of carbonyl (C=O) groups is 1. The molecule has 106 valence electrons. The Balaban J connectivity index is 1.71. The number of hydrogen-bond donors (Lipinski definition) is 1. The monoisotopic (exact) mass is 302 g/mol. The second kappa shape index (κ2) is 7.06. The first-order chi connectivity index (χ1) is 9.20. The highest BCUT2D eigenvalue weighted by Crippen LogP contribution is 2.28. The molecular formula is C11H18N4O2S2. The topological polar surface area (TPSA) is 67.3 Å². The largest absolute Gasteiger partial charge is 0.383 e. The zero-order valence-corrected chi connectivity index (χ0v) is 12.7. The Kier molecular flexibility index (Phi) is 5.41. The Hall–Kier alpha value is -0.860. The van der Waals surface area contributed by atoms with Crippen molar-refractivity contribution in [2.24, 2.45) is 0 Å². The molecule has 0 saturated heterocycles. The minimum absolute atomic E-state index is 0.164. The van der Waals surface area contributed by atoms with Crippen molar-refractivity contribution in [3.8, 4) is 0 Å². The minimum atomic E-state index is 0.164. The van der Waals surface area contributed by atoms with Crippen LogP contribution in [0.15, 0.2) is 4.34 Å². The first-order valence-electron chi connectivity index (χ1n) is 6.15. The van der Waals surface area contributed by atoms with E-state index in [1.54, 1.807) is 7.11 Å². The van der Waals surface area contributed by atoms with E-state index in [-0.39, 0.29) is 5.91 Å². The van der Waals surface area contributed by atoms with Crippen LogP contribution in [0.25, 0.3) is 0 Å². The zero-order valence-electron chi connectivity index (χ0n) is 11.1. The summed E-state index contributed by atoms with van der Waals surface area (Å²) in [6.45, 7) is 1.34. The predicted molar refractivity (Wildman–Crippen MR) is 76.8 cm³/mol. The maximum atomic E-state index is 11.8. The quantitative estimate of drug-likeness (QED) is 0.577. The van der Waals surface area contributed by atoms with Crippen molar-refractivity contribution < 1.29 is 9.53 Å². The third-order valence-electron chi connectivity index (χ3n) is 2.80. The van der Waals surface area contributed by atoms with Crippen molar-refractivity contribution >= 4 is 34.1 Å². The second-order valence-electron chi connectivity index (χ2n) is 4.32. The fourth-order valence-corrected chi connectivity index (χ4v) is 3.19. The fraction of sp³-hybridized carbons (Fsp3) is 0.727. The molecule has 0 aliphatic heterocycles. The number of hydrogen-bond acceptors (Lipinski definition) is 7. The van der Waals surface area contributed by atoms with Gasteiger partial charge in [-0.25, -0.2) is 0 Å². The summed E-state index contributed by atoms with van der Waals surface area (Å²) in [6.07, 6.45) is 2.28. The molecule has 1 saturated carbocycles. The van der Waals surface area contributed by atoms with Crippen molar-refractivity contribution in [2.75, 3.05) is 38.4 Å². The molecule has 1 aliphatic rings. The molecule has 0 unspecified atom stereocenters. The number of rotatable bonds is 8. The number of anilines is 1. The van der Waals surface area contributed by atoms with E-state index in [1.165, 1.54) is 23.1 Å². The summed E-state index contributed by atoms with van der Waals surface area (Å²) >= 11 is 2.91. The van der Waals surface area contributed by atoms with Crippen molar-refractivity contribution in [3.05, 3.63) is 0 Å². The number of thioether (sulfide) groups is 1. The van der Waals surface area contributed by atoms with Gasteiger partial charge in [0.15, 0.2) is 4.34 Å². The maximum absolute atomic E-state index is 11.8. The van der Waals surface area contributed by atoms with E-state index in [4.69, 9.17) is 4.74 Å². The molecule has 1 N–H and O–H groups in total. The van der Waals surface area contributed by atoms with Crippen molar-refractivity contribution in [3.63, 3.8) is 0 Å². The lowest BCUT2D eigenvalue weighted by atomic mass is 10.5. The van der Waals surface area contributed by atoms with E-state index >= 15 is 0 Å². The molecule has 0 atom stereocenters. The first kappa shape index (κ1) is 14.5. The summed E-state index contributed by atoms with van der Waals surface area (Å²) in [4.78, 5) is 13.7. The molecule has 1 fully saturated rings. The molecule has 6 nitrogen and oxygen atoms in total. The summed E-state index contributed by atoms with van der Waals surface area (Å²) in [5, 5.41) is 11.9. The van der Waals surface area contributed by atoms with Crippen LogP contribution in [0.2, 0.25) is 0 Å². The fourth-order valence-electron chi connectivity index (χ4n) is 1.49. The number of aromatic nitrogens is 2. The van der Waals surface area contributed by atoms with Crippen LogP contribution >= 0.6 is 23.1 Å². The van der Waals surface area contributed by atoms with Crippen molar-refractivity contribution in [1.29, 1.82) is 0 Å². The van der Waals surface area contributed by atoms with Crippen LogP contribution < -0.4 is 5.32 Å². The molecule has 1 aliphatic carbocycles. The zero-order chi connectivity index (χ0) is 13.7. The van der Waals surface area contributed by atoms with E-state index in [2.05, 4.69) is 15.5 Å². The van der Waals surface area contributed by atoms with Crippen LogP contribution in [0.4, 0.5) is 5.13 Å². The van der Waals surface area contributed by atoms with E-state index in [9.17, 15) is 4.79 Å². The van der Waals surface area contributed by atoms with Gasteiger partial charge in [0.2, 0.25) is 11.0 Å². The molecule has 1 amide bonds. The number of amides is 1. The Morgan fingerprint density at radius 1 is 1.58 bits per heavy atom. The molecule has 1 aromatic rings. The molecule has 8 heteroatoms. The number of carbonyl (C=O) groups excluding carboxylic acids is 1. The van der Waals surface area contributed by atoms with E-state index in [0.29, 0.717) is 24.9 Å². The highest BCUT2D eigenvalue weighted by atomic mass is 32.2. The van der Waals surface area contributed by atoms with E-state index in [1.807, 2.05) is 11.9 Å². The van der Waals surface area contributed by atoms with Gasteiger partial charge in [-0.05, 0) is 12.8 Å². The van der Waals surface area contributed by atoms with Crippen LogP contribution in [-0.2, 0) is 9.53 Å². The van der Waals surface area contributed by atoms with E-state index in [0.717, 1.165) is 22.3 Å². The van der Waals surface area contributed by atoms with Crippen LogP contribution in [0.5, 0.6) is 0 Å². The summed E-state index contributed by atoms with van der Waals surface area (Å²) in [6, 6.07) is 0.466. The van der Waals surface area contributed by atoms with Crippen LogP contribution in [0.3, 0.4) is 0 Å². The molecule has 1 aromatic heterocycles. The summed E-state index contributed by atoms with van der Waals surface area (Å²) in [5.74, 6) is 0.594. The van der Waals surface area contributed by atoms with Crippen LogP contribution in [-0.4, -0.2) is 60.1 Å². The van der Waals surface area contributed by atoms with Gasteiger partial charge < -0.3 is 15.0 Å². The highest BCUT2D eigenvalue weighted by molar-refractivity contribution is 8.01. The molecule has 19 heavy (non-hydrogen) atoms. The second-order valence-corrected chi connectivity index (χ2v) is 6.52. The van der Waals surface area contributed by atoms with E-state index < -0.39 is 0 Å². The summed E-state index contributed by atoms with van der Waals surface area (Å²) in [7, 11) is 3.53. The molecule has 0 bridgehead atoms. The van der Waals surface area contributed by atoms with Gasteiger partial charge in [0.05, 0.1) is 12.4 Å². The summed E-state index contributed by atoms with van der Waals surface area (Å²) < 4.78 is 5.76. The molecule has 0 radical (unpaired) electrons. The summed E-state index contributed by atoms with van der Waals surface area (Å²) in [5.41, 5.74) is 0. The van der Waals surface area contributed by atoms with Crippen LogP contribution in [0, 0.1) is 0 Å². The lowest BCUT2D eigenvalue weighted by Crippen LogP contribution is -2.30. The standard InChI is InChI=1S/C11H18N4O2S2/c1-15(8-3-4-8)9(16)7-18-11-14-13-10(19-11)12-5-6-17-2/h8H,3-7H2,1-2H3,(H,12,13). The lowest BCUT2D eigenvalue weighted by Gasteiger charge is -2.14. The average Bonchev–Trinajstić information content (AvgIpc) is 3.16. The van der Waals surface area contributed by atoms with Gasteiger partial charge >= 0.3 is 0 Å². The Morgan fingerprint density at radius 2 is 2.37 bits per heavy atom. The number of nitrogens with zero attached hydrogens (tertiary/aromatic N) is 3. The molecule has 0 aromatic carbocycles. The molecular weight excluding hydrogens is 284 g/mol. The van der Waals surface area contributed by atoms with Gasteiger partial charge in [-0.2, -0.15) is 0 Å². The Labute approximate surface area is 120 Å². The number of methoxy groups -OCH3 is 1. The lowest BCUT2D eigenvalue weighted by molar-refractivity contribution is -0.127. The van der Waals surface area contributed by atoms with Gasteiger partial charge in [-0.3, -0.25) is 4.79 Å². The van der Waals surface area contributed by atoms with Gasteiger partial charge in [-0.15, -0.1) is 10.2 Å². The first-order valence-corrected chi connectivity index (χ1v) is 7.95. The van der Waals surface area contributed by atoms with Crippen LogP contribution in [0.1, 0.15) is 12.8 Å². The third kappa shape index (κ3) is 4.63. The average molecular weight is 302 g/mol. The normalized spacial score (nSPS) is 14.4. The number of ether oxygens (including phenoxy) is 1. The highest BCUT2D eigenvalue weighted by Gasteiger charge is 2.29. The Morgan fingerprint density at radius 3 is 3.05 bits per heavy atom. The third-order valence-corrected chi connectivity index (χ3v) is 4.80. The maximum Gasteiger partial charge on any atom is 0.233 e. The molecule has 1 heterocycles. The Bertz CT molecular complexity index is 423. The van der Waals surface area contributed by atoms with Gasteiger partial charge in [0.25, 0.3) is 0 Å². The van der Waals surface area contributed by atoms with Crippen molar-refractivity contribution in [1.82, 2.24) is 15.1 Å². The van der Waals surface area contributed by atoms with Gasteiger partial charge in [-0.1, -0.05) is 23.1 Å².